The maximum absolute atomic E-state index is 13.6. The molecule has 0 aliphatic carbocycles. The van der Waals surface area contributed by atoms with Gasteiger partial charge in [0.1, 0.15) is 11.7 Å². The normalized spacial score (nSPS) is 19.0. The van der Waals surface area contributed by atoms with Crippen molar-refractivity contribution in [1.82, 2.24) is 9.88 Å². The van der Waals surface area contributed by atoms with Crippen molar-refractivity contribution in [2.24, 2.45) is 0 Å². The predicted octanol–water partition coefficient (Wildman–Crippen LogP) is 5.58. The van der Waals surface area contributed by atoms with Crippen molar-refractivity contribution >= 4 is 28.4 Å². The molecule has 0 saturated heterocycles. The van der Waals surface area contributed by atoms with E-state index in [1.165, 1.54) is 23.1 Å². The lowest BCUT2D eigenvalue weighted by Crippen LogP contribution is -2.48. The summed E-state index contributed by atoms with van der Waals surface area (Å²) in [5.41, 5.74) is 4.23. The topological polar surface area (TPSA) is 36.1 Å². The van der Waals surface area contributed by atoms with Crippen LogP contribution in [0.1, 0.15) is 49.0 Å². The third-order valence-electron chi connectivity index (χ3n) is 5.71. The summed E-state index contributed by atoms with van der Waals surface area (Å²) in [4.78, 5) is 18.4. The zero-order valence-corrected chi connectivity index (χ0v) is 16.7. The monoisotopic (exact) mass is 398 g/mol. The molecule has 1 N–H and O–H groups in total. The highest BCUT2D eigenvalue weighted by molar-refractivity contribution is 6.27. The summed E-state index contributed by atoms with van der Waals surface area (Å²) >= 11 is 6.01. The fourth-order valence-electron chi connectivity index (χ4n) is 4.43. The Morgan fingerprint density at radius 1 is 1.21 bits per heavy atom. The Morgan fingerprint density at radius 2 is 1.96 bits per heavy atom. The number of H-pyrrole nitrogens is 1. The lowest BCUT2D eigenvalue weighted by atomic mass is 9.86. The minimum Gasteiger partial charge on any atom is -0.356 e. The van der Waals surface area contributed by atoms with Crippen LogP contribution in [-0.2, 0) is 11.2 Å². The van der Waals surface area contributed by atoms with Gasteiger partial charge in [0.2, 0.25) is 5.91 Å². The maximum atomic E-state index is 13.6. The summed E-state index contributed by atoms with van der Waals surface area (Å²) in [5, 5.41) is 1.20. The number of nitrogens with one attached hydrogen (secondary N) is 1. The van der Waals surface area contributed by atoms with Gasteiger partial charge in [0, 0.05) is 22.6 Å². The smallest absolute Gasteiger partial charge is 0.238 e. The molecule has 0 bridgehead atoms. The second kappa shape index (κ2) is 7.96. The van der Waals surface area contributed by atoms with Crippen LogP contribution in [0.2, 0.25) is 0 Å². The second-order valence-electron chi connectivity index (χ2n) is 7.45. The molecule has 2 atom stereocenters. The van der Waals surface area contributed by atoms with Crippen LogP contribution in [0.4, 0.5) is 4.39 Å². The molecule has 0 saturated carbocycles. The van der Waals surface area contributed by atoms with Crippen molar-refractivity contribution in [1.29, 1.82) is 0 Å². The molecule has 0 spiro atoms. The Balaban J connectivity index is 1.91. The van der Waals surface area contributed by atoms with Crippen molar-refractivity contribution < 1.29 is 9.18 Å². The third kappa shape index (κ3) is 3.30. The van der Waals surface area contributed by atoms with E-state index in [0.29, 0.717) is 0 Å². The van der Waals surface area contributed by atoms with Crippen LogP contribution in [0.25, 0.3) is 10.9 Å². The molecule has 1 aromatic heterocycles. The van der Waals surface area contributed by atoms with Crippen LogP contribution >= 0.6 is 11.6 Å². The Bertz CT molecular complexity index is 982. The van der Waals surface area contributed by atoms with Gasteiger partial charge >= 0.3 is 0 Å². The number of hydrogen-bond donors (Lipinski definition) is 1. The molecule has 28 heavy (non-hydrogen) atoms. The predicted molar refractivity (Wildman–Crippen MR) is 111 cm³/mol. The molecule has 1 amide bonds. The number of carbonyl (C=O) groups excluding carboxylic acids is 1. The van der Waals surface area contributed by atoms with E-state index in [9.17, 15) is 9.18 Å². The van der Waals surface area contributed by atoms with Gasteiger partial charge in [0.05, 0.1) is 6.04 Å². The quantitative estimate of drug-likeness (QED) is 0.559. The summed E-state index contributed by atoms with van der Waals surface area (Å²) in [7, 11) is 0. The molecule has 3 aromatic rings. The van der Waals surface area contributed by atoms with E-state index in [-0.39, 0.29) is 29.7 Å². The SMILES string of the molecule is CCCC[C@H]1Cc2c([nH]c3ccccc23)[C@H](c2ccc(F)cc2)N1C(=O)CCl. The standard InChI is InChI=1S/C23H24ClFN2O/c1-2-3-6-17-13-19-18-7-4-5-8-20(18)26-22(19)23(27(17)21(28)14-24)15-9-11-16(25)12-10-15/h4-5,7-12,17,23,26H,2-3,6,13-14H2,1H3/t17-,23-/m0/s1. The fourth-order valence-corrected chi connectivity index (χ4v) is 4.57. The molecule has 2 heterocycles. The van der Waals surface area contributed by atoms with Gasteiger partial charge in [-0.1, -0.05) is 50.1 Å². The Hall–Kier alpha value is -2.33. The Morgan fingerprint density at radius 3 is 2.68 bits per heavy atom. The number of para-hydroxylation sites is 1. The first-order chi connectivity index (χ1) is 13.6. The van der Waals surface area contributed by atoms with Gasteiger partial charge in [0.25, 0.3) is 0 Å². The molecule has 5 heteroatoms. The highest BCUT2D eigenvalue weighted by Crippen LogP contribution is 2.42. The summed E-state index contributed by atoms with van der Waals surface area (Å²) in [6, 6.07) is 14.5. The number of aromatic nitrogens is 1. The van der Waals surface area contributed by atoms with Crippen LogP contribution in [0.3, 0.4) is 0 Å². The average Bonchev–Trinajstić information content (AvgIpc) is 3.09. The van der Waals surface area contributed by atoms with E-state index in [2.05, 4.69) is 24.0 Å². The highest BCUT2D eigenvalue weighted by atomic mass is 35.5. The van der Waals surface area contributed by atoms with E-state index in [4.69, 9.17) is 11.6 Å². The second-order valence-corrected chi connectivity index (χ2v) is 7.72. The van der Waals surface area contributed by atoms with Crippen molar-refractivity contribution in [3.05, 3.63) is 71.2 Å². The molecular formula is C23H24ClFN2O. The lowest BCUT2D eigenvalue weighted by molar-refractivity contribution is -0.133. The molecule has 1 aliphatic rings. The molecule has 3 nitrogen and oxygen atoms in total. The fraction of sp³-hybridized carbons (Fsp3) is 0.348. The maximum Gasteiger partial charge on any atom is 0.238 e. The molecule has 0 fully saturated rings. The van der Waals surface area contributed by atoms with E-state index in [1.807, 2.05) is 17.0 Å². The number of hydrogen-bond acceptors (Lipinski definition) is 1. The molecule has 0 unspecified atom stereocenters. The lowest BCUT2D eigenvalue weighted by Gasteiger charge is -2.42. The number of benzene rings is 2. The number of amides is 1. The largest absolute Gasteiger partial charge is 0.356 e. The summed E-state index contributed by atoms with van der Waals surface area (Å²) in [6.07, 6.45) is 3.85. The molecule has 2 aromatic carbocycles. The molecule has 1 aliphatic heterocycles. The molecular weight excluding hydrogens is 375 g/mol. The van der Waals surface area contributed by atoms with Gasteiger partial charge in [-0.2, -0.15) is 0 Å². The van der Waals surface area contributed by atoms with Crippen molar-refractivity contribution in [2.75, 3.05) is 5.88 Å². The number of rotatable bonds is 5. The minimum atomic E-state index is -0.287. The van der Waals surface area contributed by atoms with Crippen LogP contribution in [0.5, 0.6) is 0 Å². The first-order valence-corrected chi connectivity index (χ1v) is 10.4. The Kier molecular flexibility index (Phi) is 5.40. The van der Waals surface area contributed by atoms with Gasteiger partial charge in [0.15, 0.2) is 0 Å². The van der Waals surface area contributed by atoms with Gasteiger partial charge in [-0.05, 0) is 42.2 Å². The molecule has 0 radical (unpaired) electrons. The van der Waals surface area contributed by atoms with E-state index in [0.717, 1.165) is 42.5 Å². The van der Waals surface area contributed by atoms with Gasteiger partial charge in [-0.3, -0.25) is 4.79 Å². The number of aromatic amines is 1. The highest BCUT2D eigenvalue weighted by Gasteiger charge is 2.39. The first-order valence-electron chi connectivity index (χ1n) is 9.86. The Labute approximate surface area is 169 Å². The number of halogens is 2. The van der Waals surface area contributed by atoms with Crippen LogP contribution in [0, 0.1) is 5.82 Å². The van der Waals surface area contributed by atoms with Crippen molar-refractivity contribution in [3.8, 4) is 0 Å². The van der Waals surface area contributed by atoms with E-state index >= 15 is 0 Å². The number of nitrogens with zero attached hydrogens (tertiary/aromatic N) is 1. The van der Waals surface area contributed by atoms with Crippen LogP contribution in [-0.4, -0.2) is 27.7 Å². The zero-order chi connectivity index (χ0) is 19.7. The van der Waals surface area contributed by atoms with Crippen LogP contribution < -0.4 is 0 Å². The number of alkyl halides is 1. The van der Waals surface area contributed by atoms with Crippen molar-refractivity contribution in [3.63, 3.8) is 0 Å². The summed E-state index contributed by atoms with van der Waals surface area (Å²) in [5.74, 6) is -0.425. The number of unbranched alkanes of at least 4 members (excludes halogenated alkanes) is 1. The minimum absolute atomic E-state index is 0.0596. The zero-order valence-electron chi connectivity index (χ0n) is 15.9. The van der Waals surface area contributed by atoms with Gasteiger partial charge in [-0.25, -0.2) is 4.39 Å². The number of fused-ring (bicyclic) bond motifs is 3. The molecule has 146 valence electrons. The van der Waals surface area contributed by atoms with Gasteiger partial charge in [-0.15, -0.1) is 11.6 Å². The van der Waals surface area contributed by atoms with E-state index in [1.54, 1.807) is 12.1 Å². The number of carbonyl (C=O) groups is 1. The van der Waals surface area contributed by atoms with Gasteiger partial charge < -0.3 is 9.88 Å². The third-order valence-corrected chi connectivity index (χ3v) is 5.94. The first kappa shape index (κ1) is 19.0. The summed E-state index contributed by atoms with van der Waals surface area (Å²) < 4.78 is 13.6. The van der Waals surface area contributed by atoms with Crippen molar-refractivity contribution in [2.45, 2.75) is 44.7 Å². The average molecular weight is 399 g/mol. The van der Waals surface area contributed by atoms with E-state index < -0.39 is 0 Å². The molecule has 4 rings (SSSR count). The van der Waals surface area contributed by atoms with Crippen LogP contribution in [0.15, 0.2) is 48.5 Å². The summed E-state index contributed by atoms with van der Waals surface area (Å²) in [6.45, 7) is 2.16.